The van der Waals surface area contributed by atoms with Gasteiger partial charge in [0.2, 0.25) is 5.91 Å². The van der Waals surface area contributed by atoms with Crippen molar-refractivity contribution in [2.45, 2.75) is 27.4 Å². The summed E-state index contributed by atoms with van der Waals surface area (Å²) in [5, 5.41) is 2.85. The number of hydrogen-bond acceptors (Lipinski definition) is 3. The summed E-state index contributed by atoms with van der Waals surface area (Å²) < 4.78 is 34.6. The van der Waals surface area contributed by atoms with Crippen LogP contribution < -0.4 is 14.8 Å². The topological polar surface area (TPSA) is 47.6 Å². The van der Waals surface area contributed by atoms with Crippen LogP contribution >= 0.6 is 0 Å². The van der Waals surface area contributed by atoms with Crippen LogP contribution in [-0.2, 0) is 4.79 Å². The Morgan fingerprint density at radius 1 is 1.15 bits per heavy atom. The molecule has 0 spiro atoms. The Morgan fingerprint density at radius 3 is 2.46 bits per heavy atom. The maximum atomic E-state index is 12.4. The monoisotopic (exact) mass is 361 g/mol. The van der Waals surface area contributed by atoms with Gasteiger partial charge in [0.25, 0.3) is 0 Å². The number of aryl methyl sites for hydroxylation is 2. The fraction of sp³-hybridized carbons (Fsp3) is 0.250. The van der Waals surface area contributed by atoms with Crippen LogP contribution in [0.3, 0.4) is 0 Å². The van der Waals surface area contributed by atoms with Crippen LogP contribution in [-0.4, -0.2) is 19.1 Å². The third-order valence-electron chi connectivity index (χ3n) is 3.64. The average Bonchev–Trinajstić information content (AvgIpc) is 2.58. The average molecular weight is 361 g/mol. The molecule has 2 aromatic rings. The van der Waals surface area contributed by atoms with E-state index in [4.69, 9.17) is 4.74 Å². The molecule has 138 valence electrons. The van der Waals surface area contributed by atoms with Gasteiger partial charge < -0.3 is 14.8 Å². The molecule has 0 heterocycles. The Morgan fingerprint density at radius 2 is 1.85 bits per heavy atom. The van der Waals surface area contributed by atoms with E-state index in [1.807, 2.05) is 32.0 Å². The molecular formula is C20H21F2NO3. The second-order valence-electron chi connectivity index (χ2n) is 5.61. The maximum Gasteiger partial charge on any atom is 0.387 e. The van der Waals surface area contributed by atoms with Crippen molar-refractivity contribution in [1.82, 2.24) is 0 Å². The van der Waals surface area contributed by atoms with E-state index in [0.717, 1.165) is 16.8 Å². The van der Waals surface area contributed by atoms with Crippen LogP contribution in [0.5, 0.6) is 11.5 Å². The number of alkyl halides is 2. The van der Waals surface area contributed by atoms with Gasteiger partial charge in [-0.1, -0.05) is 24.3 Å². The number of carbonyl (C=O) groups excluding carboxylic acids is 1. The molecule has 0 aliphatic carbocycles. The van der Waals surface area contributed by atoms with Crippen LogP contribution in [0.2, 0.25) is 0 Å². The number of anilines is 1. The number of amides is 1. The zero-order valence-electron chi connectivity index (χ0n) is 14.9. The number of halogens is 2. The highest BCUT2D eigenvalue weighted by molar-refractivity contribution is 6.02. The molecular weight excluding hydrogens is 340 g/mol. The van der Waals surface area contributed by atoms with Gasteiger partial charge in [0.05, 0.1) is 6.61 Å². The minimum absolute atomic E-state index is 0.0426. The van der Waals surface area contributed by atoms with E-state index >= 15 is 0 Å². The fourth-order valence-corrected chi connectivity index (χ4v) is 2.44. The molecule has 2 rings (SSSR count). The van der Waals surface area contributed by atoms with E-state index in [1.165, 1.54) is 12.1 Å². The predicted octanol–water partition coefficient (Wildman–Crippen LogP) is 4.96. The van der Waals surface area contributed by atoms with Gasteiger partial charge in [-0.2, -0.15) is 8.78 Å². The Kier molecular flexibility index (Phi) is 6.72. The third-order valence-corrected chi connectivity index (χ3v) is 3.64. The minimum atomic E-state index is -2.93. The number of rotatable bonds is 7. The summed E-state index contributed by atoms with van der Waals surface area (Å²) in [6.07, 6.45) is 2.96. The molecule has 0 bridgehead atoms. The highest BCUT2D eigenvalue weighted by Gasteiger charge is 2.11. The van der Waals surface area contributed by atoms with Gasteiger partial charge in [-0.25, -0.2) is 0 Å². The summed E-state index contributed by atoms with van der Waals surface area (Å²) in [7, 11) is 0. The highest BCUT2D eigenvalue weighted by Crippen LogP contribution is 2.30. The molecule has 26 heavy (non-hydrogen) atoms. The number of hydrogen-bond donors (Lipinski definition) is 1. The fourth-order valence-electron chi connectivity index (χ4n) is 2.44. The van der Waals surface area contributed by atoms with Crippen LogP contribution in [0.25, 0.3) is 6.08 Å². The van der Waals surface area contributed by atoms with Crippen LogP contribution in [0.1, 0.15) is 23.6 Å². The molecule has 2 aromatic carbocycles. The van der Waals surface area contributed by atoms with Crippen molar-refractivity contribution >= 4 is 17.7 Å². The minimum Gasteiger partial charge on any atom is -0.490 e. The molecule has 0 atom stereocenters. The third kappa shape index (κ3) is 5.31. The van der Waals surface area contributed by atoms with Crippen LogP contribution in [0.4, 0.5) is 14.5 Å². The molecule has 6 heteroatoms. The lowest BCUT2D eigenvalue weighted by atomic mass is 10.1. The lowest BCUT2D eigenvalue weighted by Crippen LogP contribution is -2.10. The summed E-state index contributed by atoms with van der Waals surface area (Å²) in [6, 6.07) is 10.3. The Labute approximate surface area is 151 Å². The summed E-state index contributed by atoms with van der Waals surface area (Å²) >= 11 is 0. The zero-order chi connectivity index (χ0) is 19.1. The molecule has 0 saturated heterocycles. The van der Waals surface area contributed by atoms with E-state index in [-0.39, 0.29) is 17.4 Å². The first-order chi connectivity index (χ1) is 12.4. The SMILES string of the molecule is CCOc1cc(C=CC(=O)Nc2c(C)cccc2C)ccc1OC(F)F. The van der Waals surface area contributed by atoms with Crippen molar-refractivity contribution in [3.8, 4) is 11.5 Å². The number of ether oxygens (including phenoxy) is 2. The van der Waals surface area contributed by atoms with Gasteiger partial charge >= 0.3 is 6.61 Å². The van der Waals surface area contributed by atoms with Crippen molar-refractivity contribution in [3.63, 3.8) is 0 Å². The van der Waals surface area contributed by atoms with Crippen molar-refractivity contribution in [2.75, 3.05) is 11.9 Å². The summed E-state index contributed by atoms with van der Waals surface area (Å²) in [5.74, 6) is -0.127. The van der Waals surface area contributed by atoms with E-state index in [2.05, 4.69) is 10.1 Å². The van der Waals surface area contributed by atoms with Crippen molar-refractivity contribution in [1.29, 1.82) is 0 Å². The molecule has 1 N–H and O–H groups in total. The molecule has 0 saturated carbocycles. The van der Waals surface area contributed by atoms with E-state index in [0.29, 0.717) is 12.2 Å². The van der Waals surface area contributed by atoms with Gasteiger partial charge in [-0.05, 0) is 55.7 Å². The second-order valence-corrected chi connectivity index (χ2v) is 5.61. The number of para-hydroxylation sites is 1. The number of carbonyl (C=O) groups is 1. The summed E-state index contributed by atoms with van der Waals surface area (Å²) in [4.78, 5) is 12.2. The van der Waals surface area contributed by atoms with E-state index in [1.54, 1.807) is 25.1 Å². The smallest absolute Gasteiger partial charge is 0.387 e. The molecule has 0 aliphatic heterocycles. The van der Waals surface area contributed by atoms with Crippen molar-refractivity contribution in [2.24, 2.45) is 0 Å². The molecule has 1 amide bonds. The van der Waals surface area contributed by atoms with Gasteiger partial charge in [0, 0.05) is 11.8 Å². The standard InChI is InChI=1S/C20H21F2NO3/c1-4-25-17-12-15(8-10-16(17)26-20(21)22)9-11-18(24)23-19-13(2)6-5-7-14(19)3/h5-12,20H,4H2,1-3H3,(H,23,24). The van der Waals surface area contributed by atoms with Crippen LogP contribution in [0.15, 0.2) is 42.5 Å². The van der Waals surface area contributed by atoms with E-state index < -0.39 is 6.61 Å². The van der Waals surface area contributed by atoms with E-state index in [9.17, 15) is 13.6 Å². The Bertz CT molecular complexity index is 783. The largest absolute Gasteiger partial charge is 0.490 e. The van der Waals surface area contributed by atoms with Gasteiger partial charge in [0.15, 0.2) is 11.5 Å². The van der Waals surface area contributed by atoms with Gasteiger partial charge in [-0.15, -0.1) is 0 Å². The maximum absolute atomic E-state index is 12.4. The number of benzene rings is 2. The van der Waals surface area contributed by atoms with Crippen molar-refractivity contribution in [3.05, 3.63) is 59.2 Å². The van der Waals surface area contributed by atoms with Gasteiger partial charge in [-0.3, -0.25) is 4.79 Å². The first kappa shape index (κ1) is 19.4. The normalized spacial score (nSPS) is 11.0. The molecule has 0 aromatic heterocycles. The molecule has 0 aliphatic rings. The predicted molar refractivity (Wildman–Crippen MR) is 97.8 cm³/mol. The number of nitrogens with one attached hydrogen (secondary N) is 1. The highest BCUT2D eigenvalue weighted by atomic mass is 19.3. The zero-order valence-corrected chi connectivity index (χ0v) is 14.9. The second kappa shape index (κ2) is 8.99. The van der Waals surface area contributed by atoms with Crippen molar-refractivity contribution < 1.29 is 23.0 Å². The molecule has 0 fully saturated rings. The summed E-state index contributed by atoms with van der Waals surface area (Å²) in [6.45, 7) is 2.95. The quantitative estimate of drug-likeness (QED) is 0.710. The summed E-state index contributed by atoms with van der Waals surface area (Å²) in [5.41, 5.74) is 3.35. The lowest BCUT2D eigenvalue weighted by molar-refractivity contribution is -0.111. The lowest BCUT2D eigenvalue weighted by Gasteiger charge is -2.12. The Balaban J connectivity index is 2.14. The Hall–Kier alpha value is -2.89. The molecule has 0 radical (unpaired) electrons. The molecule has 4 nitrogen and oxygen atoms in total. The first-order valence-electron chi connectivity index (χ1n) is 8.17. The van der Waals surface area contributed by atoms with Crippen LogP contribution in [0, 0.1) is 13.8 Å². The molecule has 0 unspecified atom stereocenters. The van der Waals surface area contributed by atoms with Gasteiger partial charge in [0.1, 0.15) is 0 Å². The first-order valence-corrected chi connectivity index (χ1v) is 8.17.